The maximum Gasteiger partial charge on any atom is 0.252 e. The number of carbonyl (C=O) groups excluding carboxylic acids is 1. The summed E-state index contributed by atoms with van der Waals surface area (Å²) in [7, 11) is 0. The van der Waals surface area contributed by atoms with E-state index in [-0.39, 0.29) is 11.9 Å². The Morgan fingerprint density at radius 2 is 2.13 bits per heavy atom. The highest BCUT2D eigenvalue weighted by Crippen LogP contribution is 2.21. The number of nitrogens with one attached hydrogen (secondary N) is 2. The van der Waals surface area contributed by atoms with Gasteiger partial charge in [0, 0.05) is 22.0 Å². The molecule has 0 spiro atoms. The second-order valence-corrected chi connectivity index (χ2v) is 5.22. The average Bonchev–Trinajstić information content (AvgIpc) is 2.15. The molecule has 80 valence electrons. The summed E-state index contributed by atoms with van der Waals surface area (Å²) >= 11 is 6.71. The summed E-state index contributed by atoms with van der Waals surface area (Å²) in [4.78, 5) is 11.8. The topological polar surface area (TPSA) is 41.1 Å². The standard InChI is InChI=1S/C10H10Br2N2O/c11-6-1-2-9(12)8(3-6)10(15)14-7-4-13-5-7/h1-3,7,13H,4-5H2,(H,14,15). The number of carbonyl (C=O) groups is 1. The SMILES string of the molecule is O=C(NC1CNC1)c1cc(Br)ccc1Br. The van der Waals surface area contributed by atoms with Crippen molar-refractivity contribution in [2.75, 3.05) is 13.1 Å². The normalized spacial score (nSPS) is 15.9. The van der Waals surface area contributed by atoms with E-state index < -0.39 is 0 Å². The third-order valence-corrected chi connectivity index (χ3v) is 3.47. The van der Waals surface area contributed by atoms with Gasteiger partial charge in [-0.2, -0.15) is 0 Å². The molecule has 1 amide bonds. The van der Waals surface area contributed by atoms with E-state index in [9.17, 15) is 4.79 Å². The largest absolute Gasteiger partial charge is 0.347 e. The Hall–Kier alpha value is -0.390. The molecule has 0 atom stereocenters. The summed E-state index contributed by atoms with van der Waals surface area (Å²) in [6.45, 7) is 1.72. The smallest absolute Gasteiger partial charge is 0.252 e. The van der Waals surface area contributed by atoms with E-state index in [1.807, 2.05) is 18.2 Å². The molecule has 1 aliphatic heterocycles. The molecule has 2 rings (SSSR count). The number of rotatable bonds is 2. The number of hydrogen-bond acceptors (Lipinski definition) is 2. The van der Waals surface area contributed by atoms with Crippen LogP contribution in [0.3, 0.4) is 0 Å². The van der Waals surface area contributed by atoms with Crippen molar-refractivity contribution >= 4 is 37.8 Å². The Bertz CT molecular complexity index is 391. The lowest BCUT2D eigenvalue weighted by molar-refractivity contribution is 0.0923. The van der Waals surface area contributed by atoms with Gasteiger partial charge in [0.05, 0.1) is 11.6 Å². The number of hydrogen-bond donors (Lipinski definition) is 2. The molecule has 1 heterocycles. The molecule has 1 aromatic rings. The molecule has 5 heteroatoms. The van der Waals surface area contributed by atoms with Crippen LogP contribution in [0.4, 0.5) is 0 Å². The Labute approximate surface area is 105 Å². The van der Waals surface area contributed by atoms with E-state index in [2.05, 4.69) is 42.5 Å². The molecule has 0 unspecified atom stereocenters. The summed E-state index contributed by atoms with van der Waals surface area (Å²) in [5.41, 5.74) is 0.663. The van der Waals surface area contributed by atoms with Crippen LogP contribution >= 0.6 is 31.9 Å². The summed E-state index contributed by atoms with van der Waals surface area (Å²) in [5, 5.41) is 6.06. The first-order chi connectivity index (χ1) is 7.16. The van der Waals surface area contributed by atoms with Crippen LogP contribution in [0.1, 0.15) is 10.4 Å². The van der Waals surface area contributed by atoms with E-state index in [4.69, 9.17) is 0 Å². The summed E-state index contributed by atoms with van der Waals surface area (Å²) in [5.74, 6) is -0.0327. The monoisotopic (exact) mass is 332 g/mol. The van der Waals surface area contributed by atoms with Crippen molar-refractivity contribution < 1.29 is 4.79 Å². The van der Waals surface area contributed by atoms with Crippen molar-refractivity contribution in [2.24, 2.45) is 0 Å². The minimum absolute atomic E-state index is 0.0327. The van der Waals surface area contributed by atoms with Crippen molar-refractivity contribution in [3.05, 3.63) is 32.7 Å². The lowest BCUT2D eigenvalue weighted by Crippen LogP contribution is -2.56. The Kier molecular flexibility index (Phi) is 3.43. The van der Waals surface area contributed by atoms with Crippen LogP contribution in [-0.4, -0.2) is 25.0 Å². The lowest BCUT2D eigenvalue weighted by Gasteiger charge is -2.28. The van der Waals surface area contributed by atoms with Gasteiger partial charge >= 0.3 is 0 Å². The molecule has 1 fully saturated rings. The van der Waals surface area contributed by atoms with Crippen molar-refractivity contribution in [3.8, 4) is 0 Å². The first kappa shape index (κ1) is 11.1. The van der Waals surface area contributed by atoms with Crippen LogP contribution in [0.15, 0.2) is 27.1 Å². The predicted octanol–water partition coefficient (Wildman–Crippen LogP) is 1.91. The lowest BCUT2D eigenvalue weighted by atomic mass is 10.1. The zero-order valence-electron chi connectivity index (χ0n) is 7.89. The van der Waals surface area contributed by atoms with Crippen LogP contribution in [0, 0.1) is 0 Å². The third-order valence-electron chi connectivity index (χ3n) is 2.29. The molecule has 0 aliphatic carbocycles. The summed E-state index contributed by atoms with van der Waals surface area (Å²) in [6, 6.07) is 5.83. The van der Waals surface area contributed by atoms with Gasteiger partial charge in [-0.1, -0.05) is 15.9 Å². The second kappa shape index (κ2) is 4.63. The summed E-state index contributed by atoms with van der Waals surface area (Å²) < 4.78 is 1.72. The van der Waals surface area contributed by atoms with Gasteiger partial charge in [0.2, 0.25) is 0 Å². The van der Waals surface area contributed by atoms with Crippen LogP contribution in [0.5, 0.6) is 0 Å². The minimum Gasteiger partial charge on any atom is -0.347 e. The Morgan fingerprint density at radius 1 is 1.40 bits per heavy atom. The van der Waals surface area contributed by atoms with Crippen molar-refractivity contribution in [1.29, 1.82) is 0 Å². The molecule has 0 aromatic heterocycles. The van der Waals surface area contributed by atoms with Crippen LogP contribution < -0.4 is 10.6 Å². The fourth-order valence-electron chi connectivity index (χ4n) is 1.33. The first-order valence-corrected chi connectivity index (χ1v) is 6.22. The fourth-order valence-corrected chi connectivity index (χ4v) is 2.11. The van der Waals surface area contributed by atoms with Gasteiger partial charge in [0.25, 0.3) is 5.91 Å². The van der Waals surface area contributed by atoms with E-state index in [1.54, 1.807) is 0 Å². The van der Waals surface area contributed by atoms with Gasteiger partial charge in [-0.25, -0.2) is 0 Å². The Morgan fingerprint density at radius 3 is 2.73 bits per heavy atom. The van der Waals surface area contributed by atoms with Crippen molar-refractivity contribution in [2.45, 2.75) is 6.04 Å². The van der Waals surface area contributed by atoms with E-state index in [1.165, 1.54) is 0 Å². The molecular weight excluding hydrogens is 324 g/mol. The minimum atomic E-state index is -0.0327. The predicted molar refractivity (Wildman–Crippen MR) is 66.0 cm³/mol. The van der Waals surface area contributed by atoms with E-state index >= 15 is 0 Å². The van der Waals surface area contributed by atoms with Gasteiger partial charge < -0.3 is 10.6 Å². The molecule has 3 nitrogen and oxygen atoms in total. The van der Waals surface area contributed by atoms with Gasteiger partial charge in [0.15, 0.2) is 0 Å². The Balaban J connectivity index is 2.12. The van der Waals surface area contributed by atoms with E-state index in [0.29, 0.717) is 5.56 Å². The van der Waals surface area contributed by atoms with Crippen LogP contribution in [-0.2, 0) is 0 Å². The molecule has 0 bridgehead atoms. The molecule has 15 heavy (non-hydrogen) atoms. The highest BCUT2D eigenvalue weighted by Gasteiger charge is 2.20. The van der Waals surface area contributed by atoms with E-state index in [0.717, 1.165) is 22.0 Å². The number of benzene rings is 1. The highest BCUT2D eigenvalue weighted by molar-refractivity contribution is 9.11. The molecule has 1 aliphatic rings. The molecule has 2 N–H and O–H groups in total. The second-order valence-electron chi connectivity index (χ2n) is 3.45. The quantitative estimate of drug-likeness (QED) is 0.868. The van der Waals surface area contributed by atoms with Gasteiger partial charge in [-0.3, -0.25) is 4.79 Å². The number of halogens is 2. The molecule has 1 saturated heterocycles. The maximum absolute atomic E-state index is 11.8. The van der Waals surface area contributed by atoms with Gasteiger partial charge in [-0.15, -0.1) is 0 Å². The van der Waals surface area contributed by atoms with Gasteiger partial charge in [-0.05, 0) is 34.1 Å². The number of amides is 1. The molecule has 0 saturated carbocycles. The van der Waals surface area contributed by atoms with Crippen LogP contribution in [0.2, 0.25) is 0 Å². The van der Waals surface area contributed by atoms with Gasteiger partial charge in [0.1, 0.15) is 0 Å². The van der Waals surface area contributed by atoms with Crippen molar-refractivity contribution in [3.63, 3.8) is 0 Å². The average molecular weight is 334 g/mol. The molecular formula is C10H10Br2N2O. The highest BCUT2D eigenvalue weighted by atomic mass is 79.9. The molecule has 0 radical (unpaired) electrons. The zero-order valence-corrected chi connectivity index (χ0v) is 11.1. The fraction of sp³-hybridized carbons (Fsp3) is 0.300. The third kappa shape index (κ3) is 2.59. The summed E-state index contributed by atoms with van der Waals surface area (Å²) in [6.07, 6.45) is 0. The first-order valence-electron chi connectivity index (χ1n) is 4.63. The van der Waals surface area contributed by atoms with Crippen LogP contribution in [0.25, 0.3) is 0 Å². The van der Waals surface area contributed by atoms with Crippen molar-refractivity contribution in [1.82, 2.24) is 10.6 Å². The zero-order chi connectivity index (χ0) is 10.8. The maximum atomic E-state index is 11.8. The molecule has 1 aromatic carbocycles.